The van der Waals surface area contributed by atoms with Gasteiger partial charge in [-0.15, -0.1) is 0 Å². The van der Waals surface area contributed by atoms with Crippen LogP contribution in [-0.2, 0) is 14.2 Å². The molecule has 0 radical (unpaired) electrons. The van der Waals surface area contributed by atoms with Gasteiger partial charge in [0.15, 0.2) is 10.9 Å². The van der Waals surface area contributed by atoms with Crippen LogP contribution in [0.5, 0.6) is 11.5 Å². The first-order chi connectivity index (χ1) is 17.9. The second-order valence-electron chi connectivity index (χ2n) is 7.67. The summed E-state index contributed by atoms with van der Waals surface area (Å²) in [6, 6.07) is 11.5. The van der Waals surface area contributed by atoms with E-state index in [2.05, 4.69) is 9.47 Å². The second kappa shape index (κ2) is 11.0. The number of carbonyl (C=O) groups is 2. The van der Waals surface area contributed by atoms with Crippen LogP contribution >= 0.6 is 0 Å². The molecule has 0 N–H and O–H groups in total. The number of fused-ring (bicyclic) bond motifs is 2. The molecule has 0 spiro atoms. The standard InChI is InChI=1S/C26H22O11/c1-31-14(12-34-17-6-4-8-19-23(17)15(27)10-21(36-19)25(29)32-2)13-35-18-7-5-9-20-24(18)16(28)11-22(37-20)26(30)33-3/h4-11,14H,12-13H2,1-3H3. The Morgan fingerprint density at radius 2 is 1.16 bits per heavy atom. The average Bonchev–Trinajstić information content (AvgIpc) is 2.91. The van der Waals surface area contributed by atoms with Gasteiger partial charge in [-0.25, -0.2) is 9.59 Å². The van der Waals surface area contributed by atoms with Crippen LogP contribution in [0.2, 0.25) is 0 Å². The van der Waals surface area contributed by atoms with Crippen LogP contribution in [0.4, 0.5) is 0 Å². The maximum atomic E-state index is 12.6. The topological polar surface area (TPSA) is 141 Å². The van der Waals surface area contributed by atoms with Crippen LogP contribution < -0.4 is 20.3 Å². The van der Waals surface area contributed by atoms with Crippen molar-refractivity contribution >= 4 is 33.9 Å². The van der Waals surface area contributed by atoms with Crippen LogP contribution in [0.1, 0.15) is 21.1 Å². The molecule has 37 heavy (non-hydrogen) atoms. The summed E-state index contributed by atoms with van der Waals surface area (Å²) in [5, 5.41) is 0.304. The van der Waals surface area contributed by atoms with Crippen LogP contribution in [0, 0.1) is 0 Å². The number of hydrogen-bond acceptors (Lipinski definition) is 11. The summed E-state index contributed by atoms with van der Waals surface area (Å²) in [6.07, 6.45) is -0.603. The number of hydrogen-bond donors (Lipinski definition) is 0. The molecule has 0 aliphatic rings. The lowest BCUT2D eigenvalue weighted by Crippen LogP contribution is -2.28. The summed E-state index contributed by atoms with van der Waals surface area (Å²) in [5.41, 5.74) is -0.638. The van der Waals surface area contributed by atoms with E-state index >= 15 is 0 Å². The van der Waals surface area contributed by atoms with Crippen molar-refractivity contribution in [2.75, 3.05) is 34.5 Å². The highest BCUT2D eigenvalue weighted by molar-refractivity contribution is 5.91. The van der Waals surface area contributed by atoms with Crippen molar-refractivity contribution in [3.05, 3.63) is 80.5 Å². The lowest BCUT2D eigenvalue weighted by atomic mass is 10.2. The third kappa shape index (κ3) is 5.31. The fourth-order valence-electron chi connectivity index (χ4n) is 3.55. The smallest absolute Gasteiger partial charge is 0.374 e. The van der Waals surface area contributed by atoms with Gasteiger partial charge in [-0.2, -0.15) is 0 Å². The highest BCUT2D eigenvalue weighted by Crippen LogP contribution is 2.25. The predicted molar refractivity (Wildman–Crippen MR) is 129 cm³/mol. The molecule has 0 atom stereocenters. The highest BCUT2D eigenvalue weighted by Gasteiger charge is 2.19. The fraction of sp³-hybridized carbons (Fsp3) is 0.231. The largest absolute Gasteiger partial charge is 0.490 e. The van der Waals surface area contributed by atoms with E-state index in [0.29, 0.717) is 0 Å². The van der Waals surface area contributed by atoms with Crippen molar-refractivity contribution in [3.63, 3.8) is 0 Å². The molecule has 0 amide bonds. The zero-order valence-electron chi connectivity index (χ0n) is 20.1. The fourth-order valence-corrected chi connectivity index (χ4v) is 3.55. The SMILES string of the molecule is COC(=O)c1cc(=O)c2c(OCC(COc3cccc4oc(C(=O)OC)cc(=O)c34)OC)cccc2o1. The van der Waals surface area contributed by atoms with Crippen molar-refractivity contribution in [3.8, 4) is 11.5 Å². The molecule has 4 rings (SSSR count). The Kier molecular flexibility index (Phi) is 7.54. The first-order valence-electron chi connectivity index (χ1n) is 10.9. The highest BCUT2D eigenvalue weighted by atomic mass is 16.6. The number of carbonyl (C=O) groups excluding carboxylic acids is 2. The summed E-state index contributed by atoms with van der Waals surface area (Å²) in [5.74, 6) is -1.54. The van der Waals surface area contributed by atoms with Gasteiger partial charge in [0, 0.05) is 19.2 Å². The number of ether oxygens (including phenoxy) is 5. The summed E-state index contributed by atoms with van der Waals surface area (Å²) < 4.78 is 37.2. The maximum Gasteiger partial charge on any atom is 0.374 e. The minimum absolute atomic E-state index is 0.0142. The van der Waals surface area contributed by atoms with E-state index in [1.807, 2.05) is 0 Å². The van der Waals surface area contributed by atoms with E-state index in [0.717, 1.165) is 12.1 Å². The first kappa shape index (κ1) is 25.5. The zero-order valence-corrected chi connectivity index (χ0v) is 20.1. The number of esters is 2. The minimum Gasteiger partial charge on any atom is -0.490 e. The molecule has 2 heterocycles. The molecule has 4 aromatic rings. The Bertz CT molecular complexity index is 1460. The Morgan fingerprint density at radius 3 is 1.54 bits per heavy atom. The average molecular weight is 510 g/mol. The van der Waals surface area contributed by atoms with Crippen LogP contribution in [-0.4, -0.2) is 52.6 Å². The van der Waals surface area contributed by atoms with Crippen molar-refractivity contribution in [2.24, 2.45) is 0 Å². The van der Waals surface area contributed by atoms with Gasteiger partial charge >= 0.3 is 11.9 Å². The lowest BCUT2D eigenvalue weighted by molar-refractivity contribution is 0.0245. The molecule has 2 aromatic carbocycles. The molecule has 11 heteroatoms. The van der Waals surface area contributed by atoms with E-state index in [4.69, 9.17) is 23.0 Å². The molecule has 0 unspecified atom stereocenters. The number of methoxy groups -OCH3 is 3. The number of rotatable bonds is 9. The van der Waals surface area contributed by atoms with Crippen molar-refractivity contribution in [1.29, 1.82) is 0 Å². The van der Waals surface area contributed by atoms with Gasteiger partial charge in [-0.3, -0.25) is 9.59 Å². The van der Waals surface area contributed by atoms with Crippen molar-refractivity contribution in [2.45, 2.75) is 6.10 Å². The van der Waals surface area contributed by atoms with Crippen LogP contribution in [0.15, 0.2) is 67.0 Å². The third-order valence-electron chi connectivity index (χ3n) is 5.39. The molecule has 0 fully saturated rings. The van der Waals surface area contributed by atoms with E-state index in [9.17, 15) is 19.2 Å². The van der Waals surface area contributed by atoms with E-state index in [-0.39, 0.29) is 58.2 Å². The zero-order chi connectivity index (χ0) is 26.5. The maximum absolute atomic E-state index is 12.6. The van der Waals surface area contributed by atoms with Gasteiger partial charge < -0.3 is 32.5 Å². The summed E-state index contributed by atoms with van der Waals surface area (Å²) in [6.45, 7) is -0.0284. The molecule has 2 aromatic heterocycles. The van der Waals surface area contributed by atoms with Crippen molar-refractivity contribution < 1.29 is 42.1 Å². The molecule has 0 saturated carbocycles. The van der Waals surface area contributed by atoms with Crippen LogP contribution in [0.25, 0.3) is 21.9 Å². The monoisotopic (exact) mass is 510 g/mol. The molecule has 0 saturated heterocycles. The molecule has 0 bridgehead atoms. The molecule has 192 valence electrons. The van der Waals surface area contributed by atoms with E-state index in [1.54, 1.807) is 24.3 Å². The molecule has 0 aliphatic heterocycles. The molecular formula is C26H22O11. The Morgan fingerprint density at radius 1 is 0.730 bits per heavy atom. The van der Waals surface area contributed by atoms with E-state index < -0.39 is 28.9 Å². The Balaban J connectivity index is 1.51. The summed E-state index contributed by atoms with van der Waals surface area (Å²) in [4.78, 5) is 48.7. The van der Waals surface area contributed by atoms with Gasteiger partial charge in [0.2, 0.25) is 11.5 Å². The molecule has 11 nitrogen and oxygen atoms in total. The Labute approximate surface area is 209 Å². The van der Waals surface area contributed by atoms with Gasteiger partial charge in [0.05, 0.1) is 14.2 Å². The van der Waals surface area contributed by atoms with Gasteiger partial charge in [0.1, 0.15) is 52.8 Å². The van der Waals surface area contributed by atoms with E-state index in [1.165, 1.54) is 33.5 Å². The summed E-state index contributed by atoms with van der Waals surface area (Å²) in [7, 11) is 3.82. The van der Waals surface area contributed by atoms with Crippen molar-refractivity contribution in [1.82, 2.24) is 0 Å². The van der Waals surface area contributed by atoms with Gasteiger partial charge in [0.25, 0.3) is 0 Å². The third-order valence-corrected chi connectivity index (χ3v) is 5.39. The van der Waals surface area contributed by atoms with Crippen LogP contribution in [0.3, 0.4) is 0 Å². The van der Waals surface area contributed by atoms with Gasteiger partial charge in [-0.05, 0) is 24.3 Å². The predicted octanol–water partition coefficient (Wildman–Crippen LogP) is 2.95. The lowest BCUT2D eigenvalue weighted by Gasteiger charge is -2.18. The second-order valence-corrected chi connectivity index (χ2v) is 7.67. The molecule has 0 aliphatic carbocycles. The quantitative estimate of drug-likeness (QED) is 0.307. The first-order valence-corrected chi connectivity index (χ1v) is 10.9. The van der Waals surface area contributed by atoms with Gasteiger partial charge in [-0.1, -0.05) is 12.1 Å². The normalized spacial score (nSPS) is 11.0. The minimum atomic E-state index is -0.772. The molecular weight excluding hydrogens is 488 g/mol. The Hall–Kier alpha value is -4.64. The number of benzene rings is 2. The summed E-state index contributed by atoms with van der Waals surface area (Å²) >= 11 is 0.